The van der Waals surface area contributed by atoms with Crippen LogP contribution in [0, 0.1) is 12.8 Å². The summed E-state index contributed by atoms with van der Waals surface area (Å²) in [4.78, 5) is 12.9. The first-order valence-corrected chi connectivity index (χ1v) is 5.37. The second-order valence-electron chi connectivity index (χ2n) is 4.18. The first-order chi connectivity index (χ1) is 8.08. The Kier molecular flexibility index (Phi) is 3.39. The maximum absolute atomic E-state index is 11.0. The van der Waals surface area contributed by atoms with Gasteiger partial charge in [-0.2, -0.15) is 0 Å². The second-order valence-corrected chi connectivity index (χ2v) is 4.18. The fourth-order valence-corrected chi connectivity index (χ4v) is 1.95. The van der Waals surface area contributed by atoms with Crippen LogP contribution in [-0.4, -0.2) is 52.5 Å². The van der Waals surface area contributed by atoms with Gasteiger partial charge in [0.05, 0.1) is 25.7 Å². The highest BCUT2D eigenvalue weighted by atomic mass is 16.5. The van der Waals surface area contributed by atoms with Gasteiger partial charge in [-0.15, -0.1) is 10.2 Å². The number of hydrogen-bond donors (Lipinski definition) is 1. The maximum Gasteiger partial charge on any atom is 0.310 e. The highest BCUT2D eigenvalue weighted by Crippen LogP contribution is 2.20. The number of carbonyl (C=O) groups is 1. The van der Waals surface area contributed by atoms with E-state index >= 15 is 0 Å². The molecule has 1 aromatic heterocycles. The van der Waals surface area contributed by atoms with Crippen molar-refractivity contribution in [3.8, 4) is 0 Å². The van der Waals surface area contributed by atoms with Crippen molar-refractivity contribution in [2.24, 2.45) is 5.92 Å². The van der Waals surface area contributed by atoms with Crippen LogP contribution in [0.4, 0.5) is 0 Å². The zero-order chi connectivity index (χ0) is 12.4. The third-order valence-corrected chi connectivity index (χ3v) is 2.89. The molecule has 1 N–H and O–H groups in total. The molecule has 0 aromatic carbocycles. The Labute approximate surface area is 98.4 Å². The molecule has 2 rings (SSSR count). The molecule has 0 bridgehead atoms. The lowest BCUT2D eigenvalue weighted by Crippen LogP contribution is -2.40. The molecule has 0 saturated carbocycles. The summed E-state index contributed by atoms with van der Waals surface area (Å²) in [6, 6.07) is -0.153. The molecular formula is C10H15N3O4. The van der Waals surface area contributed by atoms with Crippen LogP contribution in [0.15, 0.2) is 4.42 Å². The Balaban J connectivity index is 1.99. The highest BCUT2D eigenvalue weighted by Gasteiger charge is 2.36. The van der Waals surface area contributed by atoms with Gasteiger partial charge >= 0.3 is 5.97 Å². The lowest BCUT2D eigenvalue weighted by molar-refractivity contribution is -0.143. The van der Waals surface area contributed by atoms with E-state index in [1.807, 2.05) is 11.9 Å². The number of hydrogen-bond acceptors (Lipinski definition) is 6. The average Bonchev–Trinajstić information content (AvgIpc) is 2.86. The Hall–Kier alpha value is -1.47. The number of carboxylic acids is 1. The Morgan fingerprint density at radius 2 is 2.29 bits per heavy atom. The van der Waals surface area contributed by atoms with E-state index in [0.717, 1.165) is 0 Å². The predicted molar refractivity (Wildman–Crippen MR) is 56.2 cm³/mol. The summed E-state index contributed by atoms with van der Waals surface area (Å²) < 4.78 is 10.5. The van der Waals surface area contributed by atoms with Crippen LogP contribution >= 0.6 is 0 Å². The minimum atomic E-state index is -0.832. The summed E-state index contributed by atoms with van der Waals surface area (Å²) in [7, 11) is 1.83. The van der Waals surface area contributed by atoms with Gasteiger partial charge in [-0.1, -0.05) is 0 Å². The van der Waals surface area contributed by atoms with Crippen molar-refractivity contribution in [3.63, 3.8) is 0 Å². The van der Waals surface area contributed by atoms with E-state index in [1.165, 1.54) is 0 Å². The van der Waals surface area contributed by atoms with E-state index in [2.05, 4.69) is 10.2 Å². The standard InChI is InChI=1S/C10H15N3O4/c1-6-11-12-9(17-6)3-13(2)8-5-16-4-7(8)10(14)15/h7-8H,3-5H2,1-2H3,(H,14,15). The number of aliphatic carboxylic acids is 1. The van der Waals surface area contributed by atoms with E-state index < -0.39 is 11.9 Å². The van der Waals surface area contributed by atoms with Gasteiger partial charge in [0.1, 0.15) is 0 Å². The zero-order valence-corrected chi connectivity index (χ0v) is 9.79. The van der Waals surface area contributed by atoms with Crippen LogP contribution in [0.3, 0.4) is 0 Å². The molecule has 2 heterocycles. The average molecular weight is 241 g/mol. The lowest BCUT2D eigenvalue weighted by atomic mass is 10.0. The molecule has 1 fully saturated rings. The summed E-state index contributed by atoms with van der Waals surface area (Å²) in [6.07, 6.45) is 0. The molecule has 7 heteroatoms. The molecule has 2 atom stereocenters. The van der Waals surface area contributed by atoms with E-state index in [4.69, 9.17) is 14.3 Å². The summed E-state index contributed by atoms with van der Waals surface area (Å²) in [5, 5.41) is 16.7. The third kappa shape index (κ3) is 2.62. The number of nitrogens with zero attached hydrogens (tertiary/aromatic N) is 3. The molecule has 17 heavy (non-hydrogen) atoms. The predicted octanol–water partition coefficient (Wildman–Crippen LogP) is -0.0906. The van der Waals surface area contributed by atoms with Crippen LogP contribution in [0.1, 0.15) is 11.8 Å². The van der Waals surface area contributed by atoms with Gasteiger partial charge in [-0.05, 0) is 7.05 Å². The Bertz CT molecular complexity index is 406. The van der Waals surface area contributed by atoms with Crippen LogP contribution in [-0.2, 0) is 16.1 Å². The topological polar surface area (TPSA) is 88.7 Å². The molecule has 0 aliphatic carbocycles. The van der Waals surface area contributed by atoms with Gasteiger partial charge in [0.15, 0.2) is 0 Å². The van der Waals surface area contributed by atoms with Crippen molar-refractivity contribution in [1.29, 1.82) is 0 Å². The van der Waals surface area contributed by atoms with Gasteiger partial charge in [0.25, 0.3) is 0 Å². The van der Waals surface area contributed by atoms with Crippen molar-refractivity contribution in [1.82, 2.24) is 15.1 Å². The van der Waals surface area contributed by atoms with E-state index in [-0.39, 0.29) is 12.6 Å². The number of aryl methyl sites for hydroxylation is 1. The van der Waals surface area contributed by atoms with E-state index in [1.54, 1.807) is 6.92 Å². The molecule has 0 radical (unpaired) electrons. The van der Waals surface area contributed by atoms with Crippen LogP contribution in [0.5, 0.6) is 0 Å². The van der Waals surface area contributed by atoms with Gasteiger partial charge in [0, 0.05) is 13.0 Å². The quantitative estimate of drug-likeness (QED) is 0.787. The molecule has 0 amide bonds. The van der Waals surface area contributed by atoms with Crippen molar-refractivity contribution >= 4 is 5.97 Å². The highest BCUT2D eigenvalue weighted by molar-refractivity contribution is 5.71. The van der Waals surface area contributed by atoms with E-state index in [0.29, 0.717) is 24.9 Å². The van der Waals surface area contributed by atoms with Gasteiger partial charge in [-0.3, -0.25) is 9.69 Å². The number of likely N-dealkylation sites (N-methyl/N-ethyl adjacent to an activating group) is 1. The minimum absolute atomic E-state index is 0.153. The Morgan fingerprint density at radius 3 is 2.88 bits per heavy atom. The number of ether oxygens (including phenoxy) is 1. The molecule has 94 valence electrons. The Morgan fingerprint density at radius 1 is 1.53 bits per heavy atom. The second kappa shape index (κ2) is 4.80. The van der Waals surface area contributed by atoms with Crippen molar-refractivity contribution in [2.75, 3.05) is 20.3 Å². The molecule has 1 aliphatic rings. The number of aromatic nitrogens is 2. The first-order valence-electron chi connectivity index (χ1n) is 5.37. The molecule has 7 nitrogen and oxygen atoms in total. The fourth-order valence-electron chi connectivity index (χ4n) is 1.95. The van der Waals surface area contributed by atoms with Gasteiger partial charge in [-0.25, -0.2) is 0 Å². The molecule has 1 aromatic rings. The van der Waals surface area contributed by atoms with Gasteiger partial charge < -0.3 is 14.3 Å². The van der Waals surface area contributed by atoms with Crippen molar-refractivity contribution in [2.45, 2.75) is 19.5 Å². The molecule has 1 aliphatic heterocycles. The molecule has 2 unspecified atom stereocenters. The first kappa shape index (κ1) is 12.0. The fraction of sp³-hybridized carbons (Fsp3) is 0.700. The summed E-state index contributed by atoms with van der Waals surface area (Å²) in [5.41, 5.74) is 0. The lowest BCUT2D eigenvalue weighted by Gasteiger charge is -2.24. The number of rotatable bonds is 4. The van der Waals surface area contributed by atoms with Crippen LogP contribution < -0.4 is 0 Å². The minimum Gasteiger partial charge on any atom is -0.481 e. The van der Waals surface area contributed by atoms with E-state index in [9.17, 15) is 4.79 Å². The normalized spacial score (nSPS) is 24.4. The van der Waals surface area contributed by atoms with Crippen LogP contribution in [0.2, 0.25) is 0 Å². The summed E-state index contributed by atoms with van der Waals surface area (Å²) in [6.45, 7) is 2.82. The van der Waals surface area contributed by atoms with Gasteiger partial charge in [0.2, 0.25) is 11.8 Å². The van der Waals surface area contributed by atoms with Crippen LogP contribution in [0.25, 0.3) is 0 Å². The molecular weight excluding hydrogens is 226 g/mol. The van der Waals surface area contributed by atoms with Crippen molar-refractivity contribution < 1.29 is 19.1 Å². The maximum atomic E-state index is 11.0. The molecule has 1 saturated heterocycles. The third-order valence-electron chi connectivity index (χ3n) is 2.89. The summed E-state index contributed by atoms with van der Waals surface area (Å²) in [5.74, 6) is -0.336. The smallest absolute Gasteiger partial charge is 0.310 e. The summed E-state index contributed by atoms with van der Waals surface area (Å²) >= 11 is 0. The number of carboxylic acid groups (broad SMARTS) is 1. The van der Waals surface area contributed by atoms with Crippen molar-refractivity contribution in [3.05, 3.63) is 11.8 Å². The molecule has 0 spiro atoms. The monoisotopic (exact) mass is 241 g/mol. The largest absolute Gasteiger partial charge is 0.481 e. The zero-order valence-electron chi connectivity index (χ0n) is 9.79. The SMILES string of the molecule is Cc1nnc(CN(C)C2COCC2C(=O)O)o1.